The van der Waals surface area contributed by atoms with Gasteiger partial charge in [-0.1, -0.05) is 23.2 Å². The van der Waals surface area contributed by atoms with Gasteiger partial charge in [-0.05, 0) is 37.3 Å². The van der Waals surface area contributed by atoms with Crippen LogP contribution >= 0.6 is 11.6 Å². The van der Waals surface area contributed by atoms with Gasteiger partial charge in [0.25, 0.3) is 5.91 Å². The first-order valence-electron chi connectivity index (χ1n) is 5.78. The van der Waals surface area contributed by atoms with E-state index in [0.717, 1.165) is 11.6 Å². The van der Waals surface area contributed by atoms with Crippen LogP contribution in [-0.4, -0.2) is 5.91 Å². The molecule has 1 N–H and O–H groups in total. The molecule has 0 bridgehead atoms. The number of anilines is 1. The fraction of sp³-hybridized carbons (Fsp3) is 0.0667. The molecule has 0 saturated heterocycles. The number of benzene rings is 2. The largest absolute Gasteiger partial charge is 0.321 e. The molecule has 0 aliphatic rings. The normalized spacial score (nSPS) is 9.90. The Labute approximate surface area is 120 Å². The van der Waals surface area contributed by atoms with E-state index in [1.165, 1.54) is 12.1 Å². The third-order valence-corrected chi connectivity index (χ3v) is 3.05. The maximum atomic E-state index is 13.0. The number of nitriles is 1. The van der Waals surface area contributed by atoms with Crippen molar-refractivity contribution in [1.82, 2.24) is 0 Å². The maximum absolute atomic E-state index is 13.0. The minimum absolute atomic E-state index is 0.0575. The number of amides is 1. The minimum Gasteiger partial charge on any atom is -0.321 e. The lowest BCUT2D eigenvalue weighted by atomic mass is 10.1. The Morgan fingerprint density at radius 3 is 2.75 bits per heavy atom. The molecule has 2 aromatic rings. The van der Waals surface area contributed by atoms with Crippen molar-refractivity contribution in [1.29, 1.82) is 5.26 Å². The molecule has 1 amide bonds. The van der Waals surface area contributed by atoms with Crippen molar-refractivity contribution in [2.24, 2.45) is 0 Å². The maximum Gasteiger partial charge on any atom is 0.257 e. The highest BCUT2D eigenvalue weighted by molar-refractivity contribution is 6.34. The zero-order chi connectivity index (χ0) is 14.7. The van der Waals surface area contributed by atoms with E-state index in [0.29, 0.717) is 10.6 Å². The minimum atomic E-state index is -0.534. The number of nitrogens with zero attached hydrogens (tertiary/aromatic N) is 1. The summed E-state index contributed by atoms with van der Waals surface area (Å²) >= 11 is 5.97. The number of carbonyl (C=O) groups is 1. The first kappa shape index (κ1) is 14.0. The van der Waals surface area contributed by atoms with Gasteiger partial charge in [-0.3, -0.25) is 4.79 Å². The number of hydrogen-bond acceptors (Lipinski definition) is 2. The average molecular weight is 289 g/mol. The molecule has 0 aromatic heterocycles. The molecule has 2 rings (SSSR count). The van der Waals surface area contributed by atoms with Crippen LogP contribution in [-0.2, 0) is 0 Å². The quantitative estimate of drug-likeness (QED) is 0.911. The van der Waals surface area contributed by atoms with E-state index >= 15 is 0 Å². The fourth-order valence-electron chi connectivity index (χ4n) is 1.72. The van der Waals surface area contributed by atoms with Crippen LogP contribution in [0.1, 0.15) is 21.5 Å². The predicted octanol–water partition coefficient (Wildman–Crippen LogP) is 3.91. The van der Waals surface area contributed by atoms with Gasteiger partial charge in [-0.2, -0.15) is 5.26 Å². The molecule has 5 heteroatoms. The van der Waals surface area contributed by atoms with Crippen molar-refractivity contribution >= 4 is 23.2 Å². The van der Waals surface area contributed by atoms with Gasteiger partial charge in [0.15, 0.2) is 0 Å². The van der Waals surface area contributed by atoms with Gasteiger partial charge in [0.2, 0.25) is 0 Å². The monoisotopic (exact) mass is 288 g/mol. The molecule has 3 nitrogen and oxygen atoms in total. The van der Waals surface area contributed by atoms with Crippen LogP contribution in [0.15, 0.2) is 36.4 Å². The third-order valence-electron chi connectivity index (χ3n) is 2.72. The molecule has 0 spiro atoms. The van der Waals surface area contributed by atoms with Crippen LogP contribution in [0.25, 0.3) is 0 Å². The summed E-state index contributed by atoms with van der Waals surface area (Å²) in [4.78, 5) is 12.1. The van der Waals surface area contributed by atoms with Crippen LogP contribution in [0.2, 0.25) is 5.02 Å². The smallest absolute Gasteiger partial charge is 0.257 e. The van der Waals surface area contributed by atoms with Crippen LogP contribution in [0, 0.1) is 24.1 Å². The summed E-state index contributed by atoms with van der Waals surface area (Å²) in [5.41, 5.74) is 1.50. The molecule has 0 saturated carbocycles. The Balaban J connectivity index is 2.33. The van der Waals surface area contributed by atoms with Gasteiger partial charge >= 0.3 is 0 Å². The van der Waals surface area contributed by atoms with Crippen LogP contribution in [0.5, 0.6) is 0 Å². The number of nitrogens with one attached hydrogen (secondary N) is 1. The van der Waals surface area contributed by atoms with Gasteiger partial charge < -0.3 is 5.32 Å². The Hall–Kier alpha value is -2.38. The van der Waals surface area contributed by atoms with E-state index in [1.807, 2.05) is 13.0 Å². The van der Waals surface area contributed by atoms with Crippen molar-refractivity contribution in [3.63, 3.8) is 0 Å². The molecular formula is C15H10ClFN2O. The highest BCUT2D eigenvalue weighted by Gasteiger charge is 2.13. The van der Waals surface area contributed by atoms with E-state index in [4.69, 9.17) is 16.9 Å². The van der Waals surface area contributed by atoms with Gasteiger partial charge in [0.05, 0.1) is 21.8 Å². The molecule has 0 heterocycles. The van der Waals surface area contributed by atoms with Crippen LogP contribution in [0.4, 0.5) is 10.1 Å². The molecule has 0 aliphatic carbocycles. The van der Waals surface area contributed by atoms with E-state index in [-0.39, 0.29) is 11.3 Å². The molecule has 2 aromatic carbocycles. The zero-order valence-corrected chi connectivity index (χ0v) is 11.3. The van der Waals surface area contributed by atoms with E-state index in [9.17, 15) is 9.18 Å². The zero-order valence-electron chi connectivity index (χ0n) is 10.6. The SMILES string of the molecule is Cc1ccc(Cl)c(C(=O)Nc2ccc(F)cc2C#N)c1. The number of rotatable bonds is 2. The van der Waals surface area contributed by atoms with Crippen LogP contribution in [0.3, 0.4) is 0 Å². The first-order chi connectivity index (χ1) is 9.51. The molecule has 100 valence electrons. The Kier molecular flexibility index (Phi) is 4.02. The second kappa shape index (κ2) is 5.72. The van der Waals surface area contributed by atoms with E-state index < -0.39 is 11.7 Å². The van der Waals surface area contributed by atoms with Crippen molar-refractivity contribution < 1.29 is 9.18 Å². The summed E-state index contributed by atoms with van der Waals surface area (Å²) in [5, 5.41) is 11.8. The van der Waals surface area contributed by atoms with E-state index in [1.54, 1.807) is 18.2 Å². The summed E-state index contributed by atoms with van der Waals surface area (Å²) in [6, 6.07) is 10.5. The number of aryl methyl sites for hydroxylation is 1. The molecule has 0 fully saturated rings. The summed E-state index contributed by atoms with van der Waals surface area (Å²) in [6.45, 7) is 1.84. The average Bonchev–Trinajstić information content (AvgIpc) is 2.43. The topological polar surface area (TPSA) is 52.9 Å². The second-order valence-corrected chi connectivity index (χ2v) is 4.65. The lowest BCUT2D eigenvalue weighted by Crippen LogP contribution is -2.13. The summed E-state index contributed by atoms with van der Waals surface area (Å²) in [5.74, 6) is -0.977. The standard InChI is InChI=1S/C15H10ClFN2O/c1-9-2-4-13(16)12(6-9)15(20)19-14-5-3-11(17)7-10(14)8-18/h2-7H,1H3,(H,19,20). The Bertz CT molecular complexity index is 722. The van der Waals surface area contributed by atoms with Gasteiger partial charge in [-0.15, -0.1) is 0 Å². The lowest BCUT2D eigenvalue weighted by Gasteiger charge is -2.09. The van der Waals surface area contributed by atoms with Crippen LogP contribution < -0.4 is 5.32 Å². The van der Waals surface area contributed by atoms with Gasteiger partial charge in [0.1, 0.15) is 11.9 Å². The van der Waals surface area contributed by atoms with Crippen molar-refractivity contribution in [3.8, 4) is 6.07 Å². The van der Waals surface area contributed by atoms with Crippen molar-refractivity contribution in [2.75, 3.05) is 5.32 Å². The number of halogens is 2. The second-order valence-electron chi connectivity index (χ2n) is 4.24. The molecule has 0 atom stereocenters. The summed E-state index contributed by atoms with van der Waals surface area (Å²) in [7, 11) is 0. The van der Waals surface area contributed by atoms with Gasteiger partial charge in [0, 0.05) is 0 Å². The number of hydrogen-bond donors (Lipinski definition) is 1. The molecule has 0 radical (unpaired) electrons. The highest BCUT2D eigenvalue weighted by atomic mass is 35.5. The Morgan fingerprint density at radius 1 is 1.30 bits per heavy atom. The number of carbonyl (C=O) groups excluding carboxylic acids is 1. The summed E-state index contributed by atoms with van der Waals surface area (Å²) in [6.07, 6.45) is 0. The summed E-state index contributed by atoms with van der Waals surface area (Å²) < 4.78 is 13.0. The molecule has 20 heavy (non-hydrogen) atoms. The Morgan fingerprint density at radius 2 is 2.05 bits per heavy atom. The molecule has 0 unspecified atom stereocenters. The van der Waals surface area contributed by atoms with Crippen molar-refractivity contribution in [2.45, 2.75) is 6.92 Å². The highest BCUT2D eigenvalue weighted by Crippen LogP contribution is 2.21. The molecular weight excluding hydrogens is 279 g/mol. The lowest BCUT2D eigenvalue weighted by molar-refractivity contribution is 0.102. The van der Waals surface area contributed by atoms with E-state index in [2.05, 4.69) is 5.32 Å². The fourth-order valence-corrected chi connectivity index (χ4v) is 1.92. The third kappa shape index (κ3) is 2.95. The van der Waals surface area contributed by atoms with Gasteiger partial charge in [-0.25, -0.2) is 4.39 Å². The predicted molar refractivity (Wildman–Crippen MR) is 75.3 cm³/mol. The first-order valence-corrected chi connectivity index (χ1v) is 6.16. The molecule has 0 aliphatic heterocycles. The van der Waals surface area contributed by atoms with Crippen molar-refractivity contribution in [3.05, 3.63) is 63.9 Å².